The highest BCUT2D eigenvalue weighted by Gasteiger charge is 2.30. The summed E-state index contributed by atoms with van der Waals surface area (Å²) >= 11 is 1.55. The molecule has 1 unspecified atom stereocenters. The minimum absolute atomic E-state index is 0.293. The van der Waals surface area contributed by atoms with Crippen molar-refractivity contribution >= 4 is 39.2 Å². The van der Waals surface area contributed by atoms with E-state index < -0.39 is 11.9 Å². The molecular formula is C13H17N5O2S. The lowest BCUT2D eigenvalue weighted by Gasteiger charge is -2.34. The number of rotatable bonds is 4. The highest BCUT2D eigenvalue weighted by atomic mass is 32.1. The fraction of sp³-hybridized carbons (Fsp3) is 0.462. The first-order valence-corrected chi connectivity index (χ1v) is 7.71. The summed E-state index contributed by atoms with van der Waals surface area (Å²) in [6, 6.07) is 1.48. The quantitative estimate of drug-likeness (QED) is 0.868. The van der Waals surface area contributed by atoms with Crippen molar-refractivity contribution in [2.75, 3.05) is 36.5 Å². The number of nitrogens with one attached hydrogen (secondary N) is 1. The molecule has 1 saturated heterocycles. The molecule has 1 amide bonds. The lowest BCUT2D eigenvalue weighted by molar-refractivity contribution is -0.121. The zero-order chi connectivity index (χ0) is 14.8. The maximum Gasteiger partial charge on any atom is 0.242 e. The number of carbonyl (C=O) groups is 1. The number of thiophene rings is 1. The van der Waals surface area contributed by atoms with Gasteiger partial charge in [-0.3, -0.25) is 4.79 Å². The van der Waals surface area contributed by atoms with Crippen LogP contribution in [0.5, 0.6) is 0 Å². The molecule has 1 aliphatic heterocycles. The average Bonchev–Trinajstić information content (AvgIpc) is 2.95. The second-order valence-corrected chi connectivity index (χ2v) is 5.62. The Morgan fingerprint density at radius 3 is 3.24 bits per heavy atom. The Bertz CT molecular complexity index is 659. The van der Waals surface area contributed by atoms with Gasteiger partial charge in [-0.1, -0.05) is 0 Å². The number of primary amides is 1. The van der Waals surface area contributed by atoms with Crippen molar-refractivity contribution in [1.82, 2.24) is 9.97 Å². The van der Waals surface area contributed by atoms with Gasteiger partial charge < -0.3 is 20.7 Å². The first-order chi connectivity index (χ1) is 10.2. The van der Waals surface area contributed by atoms with Crippen LogP contribution < -0.4 is 16.0 Å². The van der Waals surface area contributed by atoms with Gasteiger partial charge >= 0.3 is 0 Å². The fourth-order valence-electron chi connectivity index (χ4n) is 2.39. The smallest absolute Gasteiger partial charge is 0.242 e. The standard InChI is InChI=1S/C13H17N5O2S/c1-2-15-13-16-11(8-3-6-21-12(8)17-13)18-4-5-20-7-9(18)10(14)19/h3,6,9H,2,4-5,7H2,1H3,(H2,14,19)(H,15,16,17). The van der Waals surface area contributed by atoms with E-state index in [0.717, 1.165) is 22.6 Å². The third kappa shape index (κ3) is 2.64. The van der Waals surface area contributed by atoms with Crippen LogP contribution in [0.2, 0.25) is 0 Å². The van der Waals surface area contributed by atoms with E-state index >= 15 is 0 Å². The first-order valence-electron chi connectivity index (χ1n) is 6.83. The molecule has 2 aromatic rings. The number of amides is 1. The first kappa shape index (κ1) is 14.0. The molecule has 112 valence electrons. The number of nitrogens with two attached hydrogens (primary N) is 1. The molecule has 1 fully saturated rings. The van der Waals surface area contributed by atoms with Crippen molar-refractivity contribution < 1.29 is 9.53 Å². The molecule has 7 nitrogen and oxygen atoms in total. The van der Waals surface area contributed by atoms with Crippen molar-refractivity contribution in [1.29, 1.82) is 0 Å². The van der Waals surface area contributed by atoms with Crippen LogP contribution in [0.3, 0.4) is 0 Å². The van der Waals surface area contributed by atoms with Gasteiger partial charge in [0.1, 0.15) is 16.7 Å². The molecule has 3 rings (SSSR count). The largest absolute Gasteiger partial charge is 0.377 e. The van der Waals surface area contributed by atoms with Gasteiger partial charge in [0.15, 0.2) is 0 Å². The number of fused-ring (bicyclic) bond motifs is 1. The van der Waals surface area contributed by atoms with Crippen LogP contribution in [-0.2, 0) is 9.53 Å². The van der Waals surface area contributed by atoms with Crippen LogP contribution in [0.25, 0.3) is 10.2 Å². The maximum absolute atomic E-state index is 11.7. The second kappa shape index (κ2) is 5.82. The SMILES string of the molecule is CCNc1nc(N2CCOCC2C(N)=O)c2ccsc2n1. The molecule has 0 saturated carbocycles. The van der Waals surface area contributed by atoms with Crippen LogP contribution in [0, 0.1) is 0 Å². The summed E-state index contributed by atoms with van der Waals surface area (Å²) in [4.78, 5) is 23.5. The molecule has 2 aromatic heterocycles. The van der Waals surface area contributed by atoms with Gasteiger partial charge in [0.2, 0.25) is 11.9 Å². The number of ether oxygens (including phenoxy) is 1. The summed E-state index contributed by atoms with van der Waals surface area (Å²) in [6.07, 6.45) is 0. The Hall–Kier alpha value is -1.93. The summed E-state index contributed by atoms with van der Waals surface area (Å²) in [5, 5.41) is 6.03. The Morgan fingerprint density at radius 2 is 2.48 bits per heavy atom. The molecule has 1 atom stereocenters. The predicted octanol–water partition coefficient (Wildman–Crippen LogP) is 0.814. The van der Waals surface area contributed by atoms with Crippen molar-refractivity contribution in [3.63, 3.8) is 0 Å². The Labute approximate surface area is 126 Å². The summed E-state index contributed by atoms with van der Waals surface area (Å²) in [6.45, 7) is 4.15. The zero-order valence-electron chi connectivity index (χ0n) is 11.7. The van der Waals surface area contributed by atoms with E-state index in [1.807, 2.05) is 23.3 Å². The Balaban J connectivity index is 2.08. The molecule has 0 bridgehead atoms. The number of morpholine rings is 1. The Morgan fingerprint density at radius 1 is 1.62 bits per heavy atom. The van der Waals surface area contributed by atoms with Gasteiger partial charge in [0.05, 0.1) is 18.6 Å². The number of anilines is 2. The van der Waals surface area contributed by atoms with E-state index in [1.54, 1.807) is 11.3 Å². The lowest BCUT2D eigenvalue weighted by Crippen LogP contribution is -2.53. The van der Waals surface area contributed by atoms with E-state index in [2.05, 4.69) is 15.3 Å². The molecule has 0 aliphatic carbocycles. The third-order valence-corrected chi connectivity index (χ3v) is 4.18. The molecule has 0 spiro atoms. The summed E-state index contributed by atoms with van der Waals surface area (Å²) in [5.74, 6) is 0.906. The van der Waals surface area contributed by atoms with Crippen LogP contribution in [0.4, 0.5) is 11.8 Å². The number of carbonyl (C=O) groups excluding carboxylic acids is 1. The summed E-state index contributed by atoms with van der Waals surface area (Å²) in [5.41, 5.74) is 5.49. The molecule has 8 heteroatoms. The van der Waals surface area contributed by atoms with Gasteiger partial charge in [0.25, 0.3) is 0 Å². The van der Waals surface area contributed by atoms with Crippen LogP contribution in [-0.4, -0.2) is 48.2 Å². The fourth-order valence-corrected chi connectivity index (χ4v) is 3.15. The second-order valence-electron chi connectivity index (χ2n) is 4.73. The van der Waals surface area contributed by atoms with Gasteiger partial charge in [-0.05, 0) is 18.4 Å². The third-order valence-electron chi connectivity index (χ3n) is 3.37. The van der Waals surface area contributed by atoms with Gasteiger partial charge in [0, 0.05) is 13.1 Å². The van der Waals surface area contributed by atoms with Gasteiger partial charge in [-0.15, -0.1) is 11.3 Å². The van der Waals surface area contributed by atoms with E-state index in [1.165, 1.54) is 0 Å². The normalized spacial score (nSPS) is 18.9. The molecule has 3 heterocycles. The molecule has 0 aromatic carbocycles. The van der Waals surface area contributed by atoms with Gasteiger partial charge in [-0.25, -0.2) is 4.98 Å². The van der Waals surface area contributed by atoms with Crippen LogP contribution >= 0.6 is 11.3 Å². The number of aromatic nitrogens is 2. The van der Waals surface area contributed by atoms with Crippen molar-refractivity contribution in [2.45, 2.75) is 13.0 Å². The number of nitrogens with zero attached hydrogens (tertiary/aromatic N) is 3. The van der Waals surface area contributed by atoms with E-state index in [0.29, 0.717) is 25.7 Å². The monoisotopic (exact) mass is 307 g/mol. The summed E-state index contributed by atoms with van der Waals surface area (Å²) < 4.78 is 5.37. The van der Waals surface area contributed by atoms with Crippen molar-refractivity contribution in [3.8, 4) is 0 Å². The average molecular weight is 307 g/mol. The predicted molar refractivity (Wildman–Crippen MR) is 82.7 cm³/mol. The van der Waals surface area contributed by atoms with Gasteiger partial charge in [-0.2, -0.15) is 4.98 Å². The molecule has 3 N–H and O–H groups in total. The zero-order valence-corrected chi connectivity index (χ0v) is 12.5. The minimum Gasteiger partial charge on any atom is -0.377 e. The highest BCUT2D eigenvalue weighted by molar-refractivity contribution is 7.16. The maximum atomic E-state index is 11.7. The molecule has 21 heavy (non-hydrogen) atoms. The minimum atomic E-state index is -0.494. The lowest BCUT2D eigenvalue weighted by atomic mass is 10.2. The summed E-state index contributed by atoms with van der Waals surface area (Å²) in [7, 11) is 0. The highest BCUT2D eigenvalue weighted by Crippen LogP contribution is 2.31. The topological polar surface area (TPSA) is 93.4 Å². The molecule has 1 aliphatic rings. The van der Waals surface area contributed by atoms with E-state index in [9.17, 15) is 4.79 Å². The van der Waals surface area contributed by atoms with Crippen LogP contribution in [0.15, 0.2) is 11.4 Å². The molecule has 0 radical (unpaired) electrons. The van der Waals surface area contributed by atoms with E-state index in [-0.39, 0.29) is 0 Å². The van der Waals surface area contributed by atoms with E-state index in [4.69, 9.17) is 10.5 Å². The number of hydrogen-bond donors (Lipinski definition) is 2. The molecular weight excluding hydrogens is 290 g/mol. The van der Waals surface area contributed by atoms with Crippen molar-refractivity contribution in [2.24, 2.45) is 5.73 Å². The Kier molecular flexibility index (Phi) is 3.89. The number of hydrogen-bond acceptors (Lipinski definition) is 7. The van der Waals surface area contributed by atoms with Crippen LogP contribution in [0.1, 0.15) is 6.92 Å². The van der Waals surface area contributed by atoms with Crippen molar-refractivity contribution in [3.05, 3.63) is 11.4 Å².